The third-order valence-corrected chi connectivity index (χ3v) is 18.1. The number of nitrogens with zero attached hydrogens (tertiary/aromatic N) is 2. The zero-order valence-electron chi connectivity index (χ0n) is 49.7. The molecule has 454 valence electrons. The number of carbonyl (C=O) groups excluding carboxylic acids is 6. The predicted molar refractivity (Wildman–Crippen MR) is 284 cm³/mol. The summed E-state index contributed by atoms with van der Waals surface area (Å²) in [5.41, 5.74) is -3.04. The van der Waals surface area contributed by atoms with Gasteiger partial charge in [-0.2, -0.15) is 0 Å². The highest BCUT2D eigenvalue weighted by Crippen LogP contribution is 2.62. The van der Waals surface area contributed by atoms with Gasteiger partial charge in [0.15, 0.2) is 23.8 Å². The summed E-state index contributed by atoms with van der Waals surface area (Å²) in [5, 5.41) is 5.72. The van der Waals surface area contributed by atoms with Crippen LogP contribution in [0.15, 0.2) is 0 Å². The molecule has 2 spiro atoms. The second-order valence-electron chi connectivity index (χ2n) is 26.6. The molecule has 22 nitrogen and oxygen atoms in total. The number of nitrogens with one attached hydrogen (secondary N) is 2. The molecule has 4 bridgehead atoms. The van der Waals surface area contributed by atoms with E-state index in [-0.39, 0.29) is 99.2 Å². The van der Waals surface area contributed by atoms with Crippen LogP contribution in [0.5, 0.6) is 0 Å². The third-order valence-electron chi connectivity index (χ3n) is 18.1. The van der Waals surface area contributed by atoms with Gasteiger partial charge >= 0.3 is 24.1 Å². The third kappa shape index (κ3) is 14.2. The maximum Gasteiger partial charge on any atom is 0.410 e. The van der Waals surface area contributed by atoms with E-state index in [1.165, 1.54) is 0 Å². The fourth-order valence-electron chi connectivity index (χ4n) is 13.8. The molecule has 80 heavy (non-hydrogen) atoms. The average molecular weight is 1140 g/mol. The highest BCUT2D eigenvalue weighted by molar-refractivity contribution is 5.82. The summed E-state index contributed by atoms with van der Waals surface area (Å²) in [5.74, 6) is -2.91. The first-order valence-corrected chi connectivity index (χ1v) is 29.9. The molecule has 10 rings (SSSR count). The quantitative estimate of drug-likeness (QED) is 0.0475. The van der Waals surface area contributed by atoms with Gasteiger partial charge in [0.05, 0.1) is 12.8 Å². The van der Waals surface area contributed by atoms with Crippen molar-refractivity contribution in [1.29, 1.82) is 0 Å². The number of hydrogen-bond donors (Lipinski definition) is 2. The SMILES string of the molecule is C[C@H]1[C@H](OC(=O)CCC(=O)NCCCN(CCCCN(CCCNC(=O)CCC(=O)O[C@@H]2O[C@@H]3O[C@@]4(C)CC[C@H]5[C@H](C)CC[C@@H]([C@H]2C)[C@@]35OO4)C(=O)OC(C)(C)C)C(=O)OC(C)(C)C)O[C@@H]2O[C@@]3(C)CC[C@H]4[C@H](C)CC[C@@H]1[C@@]24OO3. The zero-order chi connectivity index (χ0) is 58.0. The van der Waals surface area contributed by atoms with Crippen LogP contribution in [0.4, 0.5) is 9.59 Å². The van der Waals surface area contributed by atoms with Gasteiger partial charge in [0, 0.05) is 88.6 Å². The minimum atomic E-state index is -0.955. The van der Waals surface area contributed by atoms with Crippen molar-refractivity contribution in [3.8, 4) is 0 Å². The lowest BCUT2D eigenvalue weighted by molar-refractivity contribution is -0.576. The molecule has 2 aliphatic carbocycles. The van der Waals surface area contributed by atoms with Crippen molar-refractivity contribution in [2.75, 3.05) is 39.3 Å². The van der Waals surface area contributed by atoms with Gasteiger partial charge < -0.3 is 58.3 Å². The molecule has 2 saturated carbocycles. The maximum absolute atomic E-state index is 13.4. The van der Waals surface area contributed by atoms with Gasteiger partial charge in [-0.05, 0) is 143 Å². The van der Waals surface area contributed by atoms with Gasteiger partial charge in [-0.15, -0.1) is 0 Å². The molecular weight excluding hydrogens is 1040 g/mol. The first-order chi connectivity index (χ1) is 37.6. The van der Waals surface area contributed by atoms with Crippen molar-refractivity contribution in [2.24, 2.45) is 47.3 Å². The standard InChI is InChI=1S/C58H94N4O18/c1-35-17-19-41-37(3)47(71-49-57(41)39(35)25-27-55(11,73-49)77-79-57)69-45(65)23-21-43(63)59-29-15-33-61(51(67)75-53(5,6)7)31-13-14-32-62(52(68)76-54(8,9)10)34-16-30-60-44(64)22-24-46(66)70-48-38(4)42-20-18-36(2)40-26-28-56(12)74-50(72-48)58(40,42)80-78-56/h35-42,47-50H,13-34H2,1-12H3,(H,59,63)(H,60,64)/t35-,36-,37-,38-,39+,40+,41+,42+,47-,48-,49-,50-,55-,56-,57-,58-/m1/s1. The van der Waals surface area contributed by atoms with Crippen molar-refractivity contribution in [1.82, 2.24) is 20.4 Å². The Balaban J connectivity index is 0.736. The number of fused-ring (bicyclic) bond motifs is 4. The molecule has 0 aromatic heterocycles. The van der Waals surface area contributed by atoms with E-state index < -0.39 is 83.3 Å². The van der Waals surface area contributed by atoms with Gasteiger partial charge in [0.1, 0.15) is 11.2 Å². The molecule has 8 saturated heterocycles. The molecule has 0 unspecified atom stereocenters. The lowest BCUT2D eigenvalue weighted by Gasteiger charge is -2.59. The van der Waals surface area contributed by atoms with E-state index in [9.17, 15) is 28.8 Å². The molecule has 8 aliphatic heterocycles. The summed E-state index contributed by atoms with van der Waals surface area (Å²) >= 11 is 0. The monoisotopic (exact) mass is 1130 g/mol. The number of hydrogen-bond acceptors (Lipinski definition) is 18. The fraction of sp³-hybridized carbons (Fsp3) is 0.897. The lowest BCUT2D eigenvalue weighted by Crippen LogP contribution is -2.70. The number of esters is 2. The van der Waals surface area contributed by atoms with Gasteiger partial charge in [-0.25, -0.2) is 29.1 Å². The van der Waals surface area contributed by atoms with E-state index in [1.54, 1.807) is 51.3 Å². The molecule has 22 heteroatoms. The minimum Gasteiger partial charge on any atom is -0.444 e. The Hall–Kier alpha value is -3.90. The number of amides is 4. The average Bonchev–Trinajstić information content (AvgIpc) is 3.23. The van der Waals surface area contributed by atoms with E-state index in [4.69, 9.17) is 57.4 Å². The number of rotatable bonds is 21. The van der Waals surface area contributed by atoms with Crippen molar-refractivity contribution in [3.63, 3.8) is 0 Å². The molecule has 16 atom stereocenters. The van der Waals surface area contributed by atoms with Crippen LogP contribution in [-0.2, 0) is 76.6 Å². The molecule has 10 fully saturated rings. The van der Waals surface area contributed by atoms with Crippen molar-refractivity contribution in [2.45, 2.75) is 245 Å². The summed E-state index contributed by atoms with van der Waals surface area (Å²) in [6, 6.07) is 0. The van der Waals surface area contributed by atoms with Gasteiger partial charge in [-0.1, -0.05) is 27.7 Å². The second-order valence-corrected chi connectivity index (χ2v) is 26.6. The van der Waals surface area contributed by atoms with E-state index >= 15 is 0 Å². The summed E-state index contributed by atoms with van der Waals surface area (Å²) in [7, 11) is 0. The van der Waals surface area contributed by atoms with Crippen molar-refractivity contribution >= 4 is 35.9 Å². The van der Waals surface area contributed by atoms with Crippen LogP contribution in [0.1, 0.15) is 186 Å². The molecule has 2 N–H and O–H groups in total. The van der Waals surface area contributed by atoms with Crippen LogP contribution in [0.25, 0.3) is 0 Å². The number of ether oxygens (including phenoxy) is 8. The van der Waals surface area contributed by atoms with Gasteiger partial charge in [0.25, 0.3) is 0 Å². The molecule has 10 aliphatic rings. The van der Waals surface area contributed by atoms with Crippen molar-refractivity contribution < 1.29 is 86.2 Å². The Morgan fingerprint density at radius 3 is 1.25 bits per heavy atom. The number of carbonyl (C=O) groups is 6. The predicted octanol–water partition coefficient (Wildman–Crippen LogP) is 8.32. The van der Waals surface area contributed by atoms with E-state index in [0.29, 0.717) is 63.5 Å². The minimum absolute atomic E-state index is 0.00763. The first kappa shape index (κ1) is 62.2. The van der Waals surface area contributed by atoms with Crippen LogP contribution in [0, 0.1) is 47.3 Å². The maximum atomic E-state index is 13.4. The molecule has 0 aromatic carbocycles. The van der Waals surface area contributed by atoms with Crippen molar-refractivity contribution in [3.05, 3.63) is 0 Å². The van der Waals surface area contributed by atoms with Crippen LogP contribution in [-0.4, -0.2) is 144 Å². The lowest BCUT2D eigenvalue weighted by atomic mass is 9.58. The largest absolute Gasteiger partial charge is 0.444 e. The summed E-state index contributed by atoms with van der Waals surface area (Å²) in [6.07, 6.45) is 4.07. The highest BCUT2D eigenvalue weighted by Gasteiger charge is 2.71. The Bertz CT molecular complexity index is 2060. The zero-order valence-corrected chi connectivity index (χ0v) is 49.7. The highest BCUT2D eigenvalue weighted by atomic mass is 17.3. The van der Waals surface area contributed by atoms with Crippen LogP contribution in [0.3, 0.4) is 0 Å². The summed E-state index contributed by atoms with van der Waals surface area (Å²) in [4.78, 5) is 106. The first-order valence-electron chi connectivity index (χ1n) is 29.9. The Labute approximate surface area is 472 Å². The molecular formula is C58H94N4O18. The molecule has 0 aromatic rings. The normalized spacial score (nSPS) is 36.9. The van der Waals surface area contributed by atoms with Crippen LogP contribution in [0.2, 0.25) is 0 Å². The second kappa shape index (κ2) is 25.1. The topological polar surface area (TPSA) is 244 Å². The molecule has 4 amide bonds. The Morgan fingerprint density at radius 1 is 0.500 bits per heavy atom. The summed E-state index contributed by atoms with van der Waals surface area (Å²) in [6.45, 7) is 24.6. The van der Waals surface area contributed by atoms with Gasteiger partial charge in [-0.3, -0.25) is 19.2 Å². The van der Waals surface area contributed by atoms with Crippen LogP contribution < -0.4 is 10.6 Å². The number of unbranched alkanes of at least 4 members (excludes halogenated alkanes) is 1. The Kier molecular flexibility index (Phi) is 19.5. The fourth-order valence-corrected chi connectivity index (χ4v) is 13.8. The molecule has 8 heterocycles. The molecule has 0 radical (unpaired) electrons. The van der Waals surface area contributed by atoms with E-state index in [0.717, 1.165) is 38.5 Å². The summed E-state index contributed by atoms with van der Waals surface area (Å²) < 4.78 is 48.7. The smallest absolute Gasteiger partial charge is 0.410 e. The van der Waals surface area contributed by atoms with E-state index in [1.807, 2.05) is 27.7 Å². The van der Waals surface area contributed by atoms with E-state index in [2.05, 4.69) is 24.5 Å². The van der Waals surface area contributed by atoms with Crippen LogP contribution >= 0.6 is 0 Å². The Morgan fingerprint density at radius 2 is 0.875 bits per heavy atom. The van der Waals surface area contributed by atoms with Gasteiger partial charge in [0.2, 0.25) is 36.0 Å².